The van der Waals surface area contributed by atoms with Gasteiger partial charge in [-0.25, -0.2) is 0 Å². The Bertz CT molecular complexity index is 438. The monoisotopic (exact) mass is 186 g/mol. The van der Waals surface area contributed by atoms with Gasteiger partial charge in [0.1, 0.15) is 0 Å². The van der Waals surface area contributed by atoms with E-state index in [0.717, 1.165) is 0 Å². The highest BCUT2D eigenvalue weighted by Crippen LogP contribution is 2.28. The van der Waals surface area contributed by atoms with Crippen LogP contribution in [-0.2, 0) is 0 Å². The molecular weight excluding hydrogens is 172 g/mol. The Morgan fingerprint density at radius 1 is 1.07 bits per heavy atom. The summed E-state index contributed by atoms with van der Waals surface area (Å²) in [6.07, 6.45) is 4.80. The van der Waals surface area contributed by atoms with Gasteiger partial charge in [-0.2, -0.15) is 0 Å². The first kappa shape index (κ1) is 7.92. The van der Waals surface area contributed by atoms with E-state index in [0.29, 0.717) is 0 Å². The SMILES string of the molecule is c1ccc2c(N3CCCC3)c[nH]c2c1. The van der Waals surface area contributed by atoms with Crippen molar-refractivity contribution in [3.8, 4) is 0 Å². The lowest BCUT2D eigenvalue weighted by atomic mass is 10.2. The maximum Gasteiger partial charge on any atom is 0.0623 e. The molecule has 1 saturated heterocycles. The smallest absolute Gasteiger partial charge is 0.0623 e. The van der Waals surface area contributed by atoms with Crippen LogP contribution in [0.25, 0.3) is 10.9 Å². The maximum absolute atomic E-state index is 3.32. The van der Waals surface area contributed by atoms with Gasteiger partial charge in [0.15, 0.2) is 0 Å². The molecule has 2 heterocycles. The van der Waals surface area contributed by atoms with Crippen LogP contribution in [0.3, 0.4) is 0 Å². The molecule has 1 aromatic heterocycles. The third kappa shape index (κ3) is 1.10. The topological polar surface area (TPSA) is 19.0 Å². The number of hydrogen-bond donors (Lipinski definition) is 1. The second kappa shape index (κ2) is 3.05. The molecule has 1 N–H and O–H groups in total. The Hall–Kier alpha value is -1.44. The average Bonchev–Trinajstić information content (AvgIpc) is 2.85. The summed E-state index contributed by atoms with van der Waals surface area (Å²) < 4.78 is 0. The molecule has 0 aliphatic carbocycles. The highest BCUT2D eigenvalue weighted by molar-refractivity contribution is 5.92. The maximum atomic E-state index is 3.32. The van der Waals surface area contributed by atoms with Gasteiger partial charge in [0, 0.05) is 30.2 Å². The number of hydrogen-bond acceptors (Lipinski definition) is 1. The lowest BCUT2D eigenvalue weighted by Crippen LogP contribution is -2.16. The van der Waals surface area contributed by atoms with Gasteiger partial charge in [0.25, 0.3) is 0 Å². The van der Waals surface area contributed by atoms with Gasteiger partial charge in [0.2, 0.25) is 0 Å². The molecule has 14 heavy (non-hydrogen) atoms. The first-order chi connectivity index (χ1) is 6.95. The minimum atomic E-state index is 1.21. The van der Waals surface area contributed by atoms with Crippen molar-refractivity contribution >= 4 is 16.6 Å². The summed E-state index contributed by atoms with van der Waals surface area (Å²) in [5, 5.41) is 1.36. The van der Waals surface area contributed by atoms with Crippen molar-refractivity contribution in [3.63, 3.8) is 0 Å². The summed E-state index contributed by atoms with van der Waals surface area (Å²) in [6.45, 7) is 2.42. The molecular formula is C12H14N2. The van der Waals surface area contributed by atoms with E-state index in [1.165, 1.54) is 42.5 Å². The minimum absolute atomic E-state index is 1.21. The Labute approximate surface area is 83.5 Å². The number of nitrogens with one attached hydrogen (secondary N) is 1. The van der Waals surface area contributed by atoms with Gasteiger partial charge < -0.3 is 9.88 Å². The zero-order valence-electron chi connectivity index (χ0n) is 8.16. The van der Waals surface area contributed by atoms with E-state index >= 15 is 0 Å². The Morgan fingerprint density at radius 2 is 1.86 bits per heavy atom. The van der Waals surface area contributed by atoms with E-state index in [4.69, 9.17) is 0 Å². The third-order valence-electron chi connectivity index (χ3n) is 3.01. The molecule has 1 aromatic carbocycles. The molecule has 2 heteroatoms. The normalized spacial score (nSPS) is 16.7. The number of nitrogens with zero attached hydrogens (tertiary/aromatic N) is 1. The quantitative estimate of drug-likeness (QED) is 0.725. The third-order valence-corrected chi connectivity index (χ3v) is 3.01. The molecule has 0 spiro atoms. The molecule has 2 aromatic rings. The van der Waals surface area contributed by atoms with E-state index in [1.807, 2.05) is 0 Å². The summed E-state index contributed by atoms with van der Waals surface area (Å²) >= 11 is 0. The van der Waals surface area contributed by atoms with Crippen molar-refractivity contribution in [1.82, 2.24) is 4.98 Å². The van der Waals surface area contributed by atoms with Crippen molar-refractivity contribution in [2.24, 2.45) is 0 Å². The first-order valence-electron chi connectivity index (χ1n) is 5.26. The van der Waals surface area contributed by atoms with Crippen molar-refractivity contribution in [2.45, 2.75) is 12.8 Å². The Balaban J connectivity index is 2.11. The van der Waals surface area contributed by atoms with Gasteiger partial charge >= 0.3 is 0 Å². The van der Waals surface area contributed by atoms with Crippen LogP contribution in [0.15, 0.2) is 30.5 Å². The van der Waals surface area contributed by atoms with Crippen molar-refractivity contribution in [3.05, 3.63) is 30.5 Å². The fraction of sp³-hybridized carbons (Fsp3) is 0.333. The molecule has 2 nitrogen and oxygen atoms in total. The number of benzene rings is 1. The second-order valence-electron chi connectivity index (χ2n) is 3.91. The van der Waals surface area contributed by atoms with Gasteiger partial charge in [-0.05, 0) is 18.9 Å². The Morgan fingerprint density at radius 3 is 2.71 bits per heavy atom. The number of anilines is 1. The Kier molecular flexibility index (Phi) is 1.72. The molecule has 0 atom stereocenters. The minimum Gasteiger partial charge on any atom is -0.370 e. The van der Waals surface area contributed by atoms with Crippen molar-refractivity contribution in [2.75, 3.05) is 18.0 Å². The molecule has 0 saturated carbocycles. The van der Waals surface area contributed by atoms with E-state index < -0.39 is 0 Å². The summed E-state index contributed by atoms with van der Waals surface area (Å²) in [6, 6.07) is 8.51. The number of aromatic amines is 1. The number of para-hydroxylation sites is 1. The fourth-order valence-electron chi connectivity index (χ4n) is 2.28. The van der Waals surface area contributed by atoms with Gasteiger partial charge in [0.05, 0.1) is 5.69 Å². The summed E-state index contributed by atoms with van der Waals surface area (Å²) in [5.74, 6) is 0. The van der Waals surface area contributed by atoms with Crippen molar-refractivity contribution < 1.29 is 0 Å². The average molecular weight is 186 g/mol. The molecule has 1 aliphatic rings. The standard InChI is InChI=1S/C12H14N2/c1-2-6-11-10(5-1)12(9-13-11)14-7-3-4-8-14/h1-2,5-6,9,13H,3-4,7-8H2. The van der Waals surface area contributed by atoms with Crippen LogP contribution in [0.2, 0.25) is 0 Å². The zero-order valence-corrected chi connectivity index (χ0v) is 8.16. The van der Waals surface area contributed by atoms with Crippen molar-refractivity contribution in [1.29, 1.82) is 0 Å². The predicted octanol–water partition coefficient (Wildman–Crippen LogP) is 2.77. The van der Waals surface area contributed by atoms with Crippen LogP contribution in [0.1, 0.15) is 12.8 Å². The van der Waals surface area contributed by atoms with Crippen LogP contribution in [0.4, 0.5) is 5.69 Å². The largest absolute Gasteiger partial charge is 0.370 e. The number of H-pyrrole nitrogens is 1. The van der Waals surface area contributed by atoms with Crippen LogP contribution in [0.5, 0.6) is 0 Å². The molecule has 0 unspecified atom stereocenters. The lowest BCUT2D eigenvalue weighted by Gasteiger charge is -2.15. The highest BCUT2D eigenvalue weighted by Gasteiger charge is 2.15. The van der Waals surface area contributed by atoms with Gasteiger partial charge in [-0.15, -0.1) is 0 Å². The second-order valence-corrected chi connectivity index (χ2v) is 3.91. The number of rotatable bonds is 1. The van der Waals surface area contributed by atoms with E-state index in [9.17, 15) is 0 Å². The molecule has 0 bridgehead atoms. The van der Waals surface area contributed by atoms with E-state index in [1.54, 1.807) is 0 Å². The molecule has 72 valence electrons. The van der Waals surface area contributed by atoms with Crippen LogP contribution >= 0.6 is 0 Å². The van der Waals surface area contributed by atoms with Gasteiger partial charge in [-0.1, -0.05) is 18.2 Å². The summed E-state index contributed by atoms with van der Waals surface area (Å²) in [7, 11) is 0. The molecule has 1 aliphatic heterocycles. The molecule has 0 radical (unpaired) electrons. The summed E-state index contributed by atoms with van der Waals surface area (Å²) in [5.41, 5.74) is 2.62. The zero-order chi connectivity index (χ0) is 9.38. The number of aromatic nitrogens is 1. The number of fused-ring (bicyclic) bond motifs is 1. The first-order valence-corrected chi connectivity index (χ1v) is 5.26. The van der Waals surface area contributed by atoms with E-state index in [-0.39, 0.29) is 0 Å². The van der Waals surface area contributed by atoms with E-state index in [2.05, 4.69) is 40.3 Å². The van der Waals surface area contributed by atoms with Gasteiger partial charge in [-0.3, -0.25) is 0 Å². The highest BCUT2D eigenvalue weighted by atomic mass is 15.2. The fourth-order valence-corrected chi connectivity index (χ4v) is 2.28. The molecule has 3 rings (SSSR count). The van der Waals surface area contributed by atoms with Crippen LogP contribution in [0, 0.1) is 0 Å². The predicted molar refractivity (Wildman–Crippen MR) is 59.7 cm³/mol. The summed E-state index contributed by atoms with van der Waals surface area (Å²) in [4.78, 5) is 5.79. The molecule has 1 fully saturated rings. The lowest BCUT2D eigenvalue weighted by molar-refractivity contribution is 0.949. The van der Waals surface area contributed by atoms with Crippen LogP contribution < -0.4 is 4.90 Å². The van der Waals surface area contributed by atoms with Crippen LogP contribution in [-0.4, -0.2) is 18.1 Å². The molecule has 0 amide bonds.